The standard InChI is InChI=1S/C15H15NS2/c1-16-13(15-7-4-8-17-15)9-11-10-18-14-6-3-2-5-12(11)14/h2-8,10,13,16H,9H2,1H3. The summed E-state index contributed by atoms with van der Waals surface area (Å²) < 4.78 is 1.38. The van der Waals surface area contributed by atoms with Crippen LogP contribution in [0.4, 0.5) is 0 Å². The number of thiophene rings is 2. The molecular weight excluding hydrogens is 258 g/mol. The van der Waals surface area contributed by atoms with Gasteiger partial charge in [-0.2, -0.15) is 0 Å². The van der Waals surface area contributed by atoms with Gasteiger partial charge in [0, 0.05) is 15.6 Å². The molecule has 0 bridgehead atoms. The van der Waals surface area contributed by atoms with Gasteiger partial charge in [-0.05, 0) is 47.3 Å². The third-order valence-electron chi connectivity index (χ3n) is 3.22. The van der Waals surface area contributed by atoms with E-state index >= 15 is 0 Å². The average Bonchev–Trinajstić information content (AvgIpc) is 3.06. The lowest BCUT2D eigenvalue weighted by Crippen LogP contribution is -2.17. The molecule has 0 radical (unpaired) electrons. The minimum atomic E-state index is 0.419. The van der Waals surface area contributed by atoms with Crippen LogP contribution < -0.4 is 5.32 Å². The maximum absolute atomic E-state index is 3.42. The van der Waals surface area contributed by atoms with Gasteiger partial charge in [-0.25, -0.2) is 0 Å². The van der Waals surface area contributed by atoms with Crippen molar-refractivity contribution >= 4 is 32.8 Å². The van der Waals surface area contributed by atoms with Crippen molar-refractivity contribution in [3.63, 3.8) is 0 Å². The molecule has 0 aliphatic heterocycles. The first-order valence-corrected chi connectivity index (χ1v) is 7.80. The monoisotopic (exact) mass is 273 g/mol. The summed E-state index contributed by atoms with van der Waals surface area (Å²) in [6.07, 6.45) is 1.06. The predicted octanol–water partition coefficient (Wildman–Crippen LogP) is 4.47. The van der Waals surface area contributed by atoms with Crippen molar-refractivity contribution in [2.75, 3.05) is 7.05 Å². The van der Waals surface area contributed by atoms with Crippen molar-refractivity contribution in [2.24, 2.45) is 0 Å². The molecule has 0 spiro atoms. The van der Waals surface area contributed by atoms with Crippen molar-refractivity contribution in [2.45, 2.75) is 12.5 Å². The number of benzene rings is 1. The zero-order valence-electron chi connectivity index (χ0n) is 10.2. The van der Waals surface area contributed by atoms with Crippen LogP contribution in [0.1, 0.15) is 16.5 Å². The van der Waals surface area contributed by atoms with E-state index in [1.54, 1.807) is 0 Å². The Kier molecular flexibility index (Phi) is 3.46. The van der Waals surface area contributed by atoms with Crippen molar-refractivity contribution < 1.29 is 0 Å². The Morgan fingerprint density at radius 2 is 2.00 bits per heavy atom. The van der Waals surface area contributed by atoms with Crippen LogP contribution in [0.3, 0.4) is 0 Å². The van der Waals surface area contributed by atoms with Crippen LogP contribution >= 0.6 is 22.7 Å². The highest BCUT2D eigenvalue weighted by atomic mass is 32.1. The third kappa shape index (κ3) is 2.21. The Labute approximate surface area is 115 Å². The average molecular weight is 273 g/mol. The molecule has 0 saturated heterocycles. The lowest BCUT2D eigenvalue weighted by atomic mass is 10.0. The quantitative estimate of drug-likeness (QED) is 0.739. The number of likely N-dealkylation sites (N-methyl/N-ethyl adjacent to an activating group) is 1. The van der Waals surface area contributed by atoms with Crippen molar-refractivity contribution in [1.29, 1.82) is 0 Å². The van der Waals surface area contributed by atoms with Gasteiger partial charge in [-0.1, -0.05) is 24.3 Å². The van der Waals surface area contributed by atoms with Gasteiger partial charge in [-0.3, -0.25) is 0 Å². The lowest BCUT2D eigenvalue weighted by molar-refractivity contribution is 0.605. The Morgan fingerprint density at radius 1 is 1.11 bits per heavy atom. The molecule has 92 valence electrons. The molecule has 3 heteroatoms. The van der Waals surface area contributed by atoms with Gasteiger partial charge in [0.05, 0.1) is 0 Å². The van der Waals surface area contributed by atoms with E-state index < -0.39 is 0 Å². The maximum atomic E-state index is 3.42. The zero-order valence-corrected chi connectivity index (χ0v) is 11.9. The van der Waals surface area contributed by atoms with E-state index in [2.05, 4.69) is 52.5 Å². The summed E-state index contributed by atoms with van der Waals surface area (Å²) in [5.41, 5.74) is 1.45. The highest BCUT2D eigenvalue weighted by Crippen LogP contribution is 2.30. The first kappa shape index (κ1) is 11.9. The molecule has 1 atom stereocenters. The minimum absolute atomic E-state index is 0.419. The van der Waals surface area contributed by atoms with E-state index in [1.165, 1.54) is 20.5 Å². The molecule has 1 aromatic carbocycles. The van der Waals surface area contributed by atoms with E-state index in [-0.39, 0.29) is 0 Å². The summed E-state index contributed by atoms with van der Waals surface area (Å²) in [5.74, 6) is 0. The van der Waals surface area contributed by atoms with Gasteiger partial charge in [0.2, 0.25) is 0 Å². The molecule has 2 aromatic heterocycles. The van der Waals surface area contributed by atoms with Gasteiger partial charge in [-0.15, -0.1) is 22.7 Å². The van der Waals surface area contributed by atoms with Crippen LogP contribution in [0.5, 0.6) is 0 Å². The molecule has 2 heterocycles. The molecule has 0 aliphatic carbocycles. The number of hydrogen-bond acceptors (Lipinski definition) is 3. The minimum Gasteiger partial charge on any atom is -0.312 e. The second-order valence-electron chi connectivity index (χ2n) is 4.32. The SMILES string of the molecule is CNC(Cc1csc2ccccc12)c1cccs1. The number of rotatable bonds is 4. The third-order valence-corrected chi connectivity index (χ3v) is 5.22. The topological polar surface area (TPSA) is 12.0 Å². The van der Waals surface area contributed by atoms with E-state index in [1.807, 2.05) is 29.7 Å². The summed E-state index contributed by atoms with van der Waals surface area (Å²) in [7, 11) is 2.04. The smallest absolute Gasteiger partial charge is 0.0453 e. The van der Waals surface area contributed by atoms with E-state index in [9.17, 15) is 0 Å². The molecule has 0 amide bonds. The second-order valence-corrected chi connectivity index (χ2v) is 6.21. The molecule has 0 fully saturated rings. The van der Waals surface area contributed by atoms with Gasteiger partial charge in [0.1, 0.15) is 0 Å². The summed E-state index contributed by atoms with van der Waals surface area (Å²) >= 11 is 3.66. The van der Waals surface area contributed by atoms with Crippen LogP contribution in [0.2, 0.25) is 0 Å². The van der Waals surface area contributed by atoms with E-state index in [0.717, 1.165) is 6.42 Å². The number of hydrogen-bond donors (Lipinski definition) is 1. The first-order valence-electron chi connectivity index (χ1n) is 6.04. The van der Waals surface area contributed by atoms with E-state index in [0.29, 0.717) is 6.04 Å². The van der Waals surface area contributed by atoms with Crippen molar-refractivity contribution in [3.8, 4) is 0 Å². The Balaban J connectivity index is 1.91. The molecular formula is C15H15NS2. The van der Waals surface area contributed by atoms with Crippen LogP contribution in [0, 0.1) is 0 Å². The lowest BCUT2D eigenvalue weighted by Gasteiger charge is -2.13. The summed E-state index contributed by atoms with van der Waals surface area (Å²) in [6.45, 7) is 0. The molecule has 1 nitrogen and oxygen atoms in total. The molecule has 3 aromatic rings. The number of fused-ring (bicyclic) bond motifs is 1. The van der Waals surface area contributed by atoms with Gasteiger partial charge in [0.15, 0.2) is 0 Å². The van der Waals surface area contributed by atoms with Crippen LogP contribution in [0.15, 0.2) is 47.2 Å². The highest BCUT2D eigenvalue weighted by molar-refractivity contribution is 7.17. The van der Waals surface area contributed by atoms with Gasteiger partial charge in [0.25, 0.3) is 0 Å². The van der Waals surface area contributed by atoms with Gasteiger partial charge >= 0.3 is 0 Å². The van der Waals surface area contributed by atoms with Crippen LogP contribution in [-0.4, -0.2) is 7.05 Å². The van der Waals surface area contributed by atoms with Crippen LogP contribution in [-0.2, 0) is 6.42 Å². The molecule has 18 heavy (non-hydrogen) atoms. The molecule has 1 N–H and O–H groups in total. The maximum Gasteiger partial charge on any atom is 0.0453 e. The van der Waals surface area contributed by atoms with E-state index in [4.69, 9.17) is 0 Å². The fourth-order valence-electron chi connectivity index (χ4n) is 2.25. The summed E-state index contributed by atoms with van der Waals surface area (Å²) in [5, 5.41) is 9.26. The normalized spacial score (nSPS) is 12.9. The van der Waals surface area contributed by atoms with Crippen LogP contribution in [0.25, 0.3) is 10.1 Å². The molecule has 1 unspecified atom stereocenters. The number of nitrogens with one attached hydrogen (secondary N) is 1. The van der Waals surface area contributed by atoms with Gasteiger partial charge < -0.3 is 5.32 Å². The summed E-state index contributed by atoms with van der Waals surface area (Å²) in [4.78, 5) is 1.41. The Hall–Kier alpha value is -1.16. The Morgan fingerprint density at radius 3 is 2.78 bits per heavy atom. The van der Waals surface area contributed by atoms with Crippen molar-refractivity contribution in [1.82, 2.24) is 5.32 Å². The van der Waals surface area contributed by atoms with Crippen molar-refractivity contribution in [3.05, 3.63) is 57.6 Å². The Bertz CT molecular complexity index is 625. The first-order chi connectivity index (χ1) is 8.88. The predicted molar refractivity (Wildman–Crippen MR) is 81.6 cm³/mol. The molecule has 0 aliphatic rings. The molecule has 3 rings (SSSR count). The highest BCUT2D eigenvalue weighted by Gasteiger charge is 2.13. The summed E-state index contributed by atoms with van der Waals surface area (Å²) in [6, 6.07) is 13.4. The second kappa shape index (κ2) is 5.22. The fourth-order valence-corrected chi connectivity index (χ4v) is 4.06. The largest absolute Gasteiger partial charge is 0.312 e. The fraction of sp³-hybridized carbons (Fsp3) is 0.200. The molecule has 0 saturated carbocycles. The zero-order chi connectivity index (χ0) is 12.4.